The zero-order valence-corrected chi connectivity index (χ0v) is 14.2. The van der Waals surface area contributed by atoms with Crippen LogP contribution in [0.2, 0.25) is 0 Å². The molecule has 0 aliphatic rings. The molecule has 0 aromatic heterocycles. The molecule has 0 amide bonds. The van der Waals surface area contributed by atoms with Crippen LogP contribution in [0.1, 0.15) is 26.3 Å². The molecule has 0 saturated carbocycles. The lowest BCUT2D eigenvalue weighted by Gasteiger charge is -2.15. The maximum absolute atomic E-state index is 5.58. The Morgan fingerprint density at radius 1 is 1.25 bits per heavy atom. The zero-order valence-electron chi connectivity index (χ0n) is 12.7. The van der Waals surface area contributed by atoms with E-state index >= 15 is 0 Å². The highest BCUT2D eigenvalue weighted by molar-refractivity contribution is 9.10. The minimum Gasteiger partial charge on any atom is -0.493 e. The van der Waals surface area contributed by atoms with Gasteiger partial charge in [-0.1, -0.05) is 0 Å². The largest absolute Gasteiger partial charge is 0.493 e. The maximum atomic E-state index is 5.58. The molecule has 20 heavy (non-hydrogen) atoms. The van der Waals surface area contributed by atoms with Gasteiger partial charge in [-0.05, 0) is 54.4 Å². The highest BCUT2D eigenvalue weighted by atomic mass is 79.9. The number of rotatable bonds is 9. The number of benzene rings is 1. The summed E-state index contributed by atoms with van der Waals surface area (Å²) in [7, 11) is 1.65. The van der Waals surface area contributed by atoms with E-state index < -0.39 is 0 Å². The monoisotopic (exact) mass is 345 g/mol. The minimum atomic E-state index is 0.216. The van der Waals surface area contributed by atoms with Crippen LogP contribution in [0, 0.1) is 0 Å². The van der Waals surface area contributed by atoms with Crippen molar-refractivity contribution in [3.8, 4) is 11.5 Å². The van der Waals surface area contributed by atoms with Gasteiger partial charge in [0.2, 0.25) is 0 Å². The number of halogens is 1. The normalized spacial score (nSPS) is 12.2. The summed E-state index contributed by atoms with van der Waals surface area (Å²) >= 11 is 3.53. The van der Waals surface area contributed by atoms with Crippen LogP contribution in [0.15, 0.2) is 16.6 Å². The SMILES string of the molecule is CCOc1c(Br)cc(CNCC(C)OCC)cc1OC. The van der Waals surface area contributed by atoms with Gasteiger partial charge in [0.1, 0.15) is 0 Å². The minimum absolute atomic E-state index is 0.216. The molecule has 1 unspecified atom stereocenters. The third-order valence-electron chi connectivity index (χ3n) is 2.79. The summed E-state index contributed by atoms with van der Waals surface area (Å²) in [5, 5.41) is 3.37. The van der Waals surface area contributed by atoms with E-state index in [2.05, 4.69) is 28.2 Å². The Morgan fingerprint density at radius 3 is 2.60 bits per heavy atom. The van der Waals surface area contributed by atoms with Crippen molar-refractivity contribution >= 4 is 15.9 Å². The van der Waals surface area contributed by atoms with Gasteiger partial charge in [-0.3, -0.25) is 0 Å². The van der Waals surface area contributed by atoms with Gasteiger partial charge < -0.3 is 19.5 Å². The first-order valence-electron chi connectivity index (χ1n) is 6.93. The van der Waals surface area contributed by atoms with E-state index in [1.165, 1.54) is 0 Å². The van der Waals surface area contributed by atoms with Crippen molar-refractivity contribution in [2.75, 3.05) is 26.9 Å². The van der Waals surface area contributed by atoms with Gasteiger partial charge in [0.25, 0.3) is 0 Å². The number of methoxy groups -OCH3 is 1. The number of hydrogen-bond acceptors (Lipinski definition) is 4. The summed E-state index contributed by atoms with van der Waals surface area (Å²) < 4.78 is 17.3. The molecule has 4 nitrogen and oxygen atoms in total. The van der Waals surface area contributed by atoms with Crippen LogP contribution in [0.3, 0.4) is 0 Å². The van der Waals surface area contributed by atoms with Crippen molar-refractivity contribution in [3.05, 3.63) is 22.2 Å². The van der Waals surface area contributed by atoms with E-state index in [-0.39, 0.29) is 6.10 Å². The predicted octanol–water partition coefficient (Wildman–Crippen LogP) is 3.37. The fourth-order valence-electron chi connectivity index (χ4n) is 1.92. The van der Waals surface area contributed by atoms with Crippen LogP contribution >= 0.6 is 15.9 Å². The highest BCUT2D eigenvalue weighted by Gasteiger charge is 2.11. The van der Waals surface area contributed by atoms with E-state index in [4.69, 9.17) is 14.2 Å². The van der Waals surface area contributed by atoms with Crippen LogP contribution in [-0.4, -0.2) is 33.0 Å². The molecule has 0 saturated heterocycles. The van der Waals surface area contributed by atoms with Crippen LogP contribution in [-0.2, 0) is 11.3 Å². The molecule has 0 aliphatic carbocycles. The van der Waals surface area contributed by atoms with E-state index in [0.717, 1.165) is 41.2 Å². The number of hydrogen-bond donors (Lipinski definition) is 1. The zero-order chi connectivity index (χ0) is 15.0. The van der Waals surface area contributed by atoms with Gasteiger partial charge in [0, 0.05) is 19.7 Å². The van der Waals surface area contributed by atoms with E-state index in [1.54, 1.807) is 7.11 Å². The lowest BCUT2D eigenvalue weighted by atomic mass is 10.2. The maximum Gasteiger partial charge on any atom is 0.175 e. The van der Waals surface area contributed by atoms with E-state index in [1.807, 2.05) is 26.0 Å². The first-order chi connectivity index (χ1) is 9.62. The number of ether oxygens (including phenoxy) is 3. The van der Waals surface area contributed by atoms with Gasteiger partial charge in [0.15, 0.2) is 11.5 Å². The smallest absolute Gasteiger partial charge is 0.175 e. The van der Waals surface area contributed by atoms with Crippen LogP contribution in [0.25, 0.3) is 0 Å². The topological polar surface area (TPSA) is 39.7 Å². The summed E-state index contributed by atoms with van der Waals surface area (Å²) in [6.45, 7) is 8.95. The molecule has 114 valence electrons. The average Bonchev–Trinajstić information content (AvgIpc) is 2.41. The van der Waals surface area contributed by atoms with Gasteiger partial charge in [-0.25, -0.2) is 0 Å². The highest BCUT2D eigenvalue weighted by Crippen LogP contribution is 2.36. The van der Waals surface area contributed by atoms with Crippen molar-refractivity contribution in [3.63, 3.8) is 0 Å². The second-order valence-corrected chi connectivity index (χ2v) is 5.29. The Hall–Kier alpha value is -0.780. The molecule has 0 bridgehead atoms. The Bertz CT molecular complexity index is 412. The fraction of sp³-hybridized carbons (Fsp3) is 0.600. The van der Waals surface area contributed by atoms with Crippen molar-refractivity contribution in [1.82, 2.24) is 5.32 Å². The second kappa shape index (κ2) is 9.21. The van der Waals surface area contributed by atoms with Crippen molar-refractivity contribution in [2.45, 2.75) is 33.4 Å². The Balaban J connectivity index is 2.65. The molecule has 0 fully saturated rings. The molecule has 0 radical (unpaired) electrons. The summed E-state index contributed by atoms with van der Waals surface area (Å²) in [6.07, 6.45) is 0.216. The molecule has 0 heterocycles. The molecule has 1 atom stereocenters. The van der Waals surface area contributed by atoms with Gasteiger partial charge in [-0.2, -0.15) is 0 Å². The molecule has 5 heteroatoms. The molecular formula is C15H24BrNO3. The predicted molar refractivity (Wildman–Crippen MR) is 84.7 cm³/mol. The summed E-state index contributed by atoms with van der Waals surface area (Å²) in [5.41, 5.74) is 1.14. The molecule has 1 N–H and O–H groups in total. The first-order valence-corrected chi connectivity index (χ1v) is 7.73. The quantitative estimate of drug-likeness (QED) is 0.744. The fourth-order valence-corrected chi connectivity index (χ4v) is 2.53. The molecular weight excluding hydrogens is 322 g/mol. The lowest BCUT2D eigenvalue weighted by Crippen LogP contribution is -2.26. The van der Waals surface area contributed by atoms with Crippen LogP contribution in [0.5, 0.6) is 11.5 Å². The Labute approximate surface area is 129 Å². The average molecular weight is 346 g/mol. The van der Waals surface area contributed by atoms with Gasteiger partial charge in [-0.15, -0.1) is 0 Å². The number of nitrogens with one attached hydrogen (secondary N) is 1. The standard InChI is InChI=1S/C15H24BrNO3/c1-5-19-11(3)9-17-10-12-7-13(16)15(20-6-2)14(8-12)18-4/h7-8,11,17H,5-6,9-10H2,1-4H3. The third kappa shape index (κ3) is 5.31. The molecule has 1 rings (SSSR count). The lowest BCUT2D eigenvalue weighted by molar-refractivity contribution is 0.0759. The van der Waals surface area contributed by atoms with Crippen LogP contribution in [0.4, 0.5) is 0 Å². The molecule has 0 spiro atoms. The van der Waals surface area contributed by atoms with Gasteiger partial charge >= 0.3 is 0 Å². The van der Waals surface area contributed by atoms with Gasteiger partial charge in [0.05, 0.1) is 24.3 Å². The summed E-state index contributed by atoms with van der Waals surface area (Å²) in [6, 6.07) is 4.04. The van der Waals surface area contributed by atoms with Crippen molar-refractivity contribution in [1.29, 1.82) is 0 Å². The summed E-state index contributed by atoms with van der Waals surface area (Å²) in [5.74, 6) is 1.50. The van der Waals surface area contributed by atoms with Crippen LogP contribution < -0.4 is 14.8 Å². The molecule has 0 aliphatic heterocycles. The summed E-state index contributed by atoms with van der Waals surface area (Å²) in [4.78, 5) is 0. The third-order valence-corrected chi connectivity index (χ3v) is 3.38. The van der Waals surface area contributed by atoms with E-state index in [0.29, 0.717) is 6.61 Å². The van der Waals surface area contributed by atoms with Crippen molar-refractivity contribution in [2.24, 2.45) is 0 Å². The first kappa shape index (κ1) is 17.3. The second-order valence-electron chi connectivity index (χ2n) is 4.44. The Morgan fingerprint density at radius 2 is 2.00 bits per heavy atom. The molecule has 1 aromatic carbocycles. The van der Waals surface area contributed by atoms with Crippen molar-refractivity contribution < 1.29 is 14.2 Å². The van der Waals surface area contributed by atoms with E-state index in [9.17, 15) is 0 Å². The Kier molecular flexibility index (Phi) is 7.95. The molecule has 1 aromatic rings.